The average Bonchev–Trinajstić information content (AvgIpc) is 2.89. The van der Waals surface area contributed by atoms with E-state index in [2.05, 4.69) is 20.1 Å². The third-order valence-electron chi connectivity index (χ3n) is 2.40. The van der Waals surface area contributed by atoms with E-state index in [-0.39, 0.29) is 18.3 Å². The summed E-state index contributed by atoms with van der Waals surface area (Å²) in [6, 6.07) is 6.74. The van der Waals surface area contributed by atoms with E-state index in [4.69, 9.17) is 5.73 Å². The number of nitrogens with zero attached hydrogens (tertiary/aromatic N) is 3. The molecule has 0 saturated heterocycles. The number of aromatic nitrogens is 3. The summed E-state index contributed by atoms with van der Waals surface area (Å²) < 4.78 is 5.72. The predicted molar refractivity (Wildman–Crippen MR) is 70.8 cm³/mol. The number of ether oxygens (including phenoxy) is 1. The van der Waals surface area contributed by atoms with E-state index < -0.39 is 5.97 Å². The Bertz CT molecular complexity index is 620. The van der Waals surface area contributed by atoms with Crippen LogP contribution in [0.5, 0.6) is 0 Å². The molecule has 1 aromatic heterocycles. The lowest BCUT2D eigenvalue weighted by Gasteiger charge is -2.05. The second-order valence-corrected chi connectivity index (χ2v) is 3.93. The quantitative estimate of drug-likeness (QED) is 0.612. The molecule has 1 heterocycles. The molecule has 2 rings (SSSR count). The van der Waals surface area contributed by atoms with Crippen molar-refractivity contribution in [3.05, 3.63) is 36.4 Å². The first kappa shape index (κ1) is 13.5. The van der Waals surface area contributed by atoms with Crippen LogP contribution < -0.4 is 11.1 Å². The average molecular weight is 275 g/mol. The molecule has 20 heavy (non-hydrogen) atoms. The molecular formula is C12H13N5O3. The van der Waals surface area contributed by atoms with Gasteiger partial charge in [-0.1, -0.05) is 0 Å². The van der Waals surface area contributed by atoms with E-state index in [0.717, 1.165) is 0 Å². The second kappa shape index (κ2) is 5.83. The van der Waals surface area contributed by atoms with Crippen LogP contribution in [0.2, 0.25) is 0 Å². The summed E-state index contributed by atoms with van der Waals surface area (Å²) in [5, 5.41) is 6.50. The Morgan fingerprint density at radius 1 is 1.35 bits per heavy atom. The number of nitrogens with one attached hydrogen (secondary N) is 1. The van der Waals surface area contributed by atoms with E-state index in [1.54, 1.807) is 24.3 Å². The van der Waals surface area contributed by atoms with Crippen molar-refractivity contribution in [2.75, 3.05) is 18.2 Å². The maximum atomic E-state index is 11.8. The van der Waals surface area contributed by atoms with Crippen LogP contribution in [0.4, 0.5) is 11.4 Å². The van der Waals surface area contributed by atoms with Gasteiger partial charge in [-0.25, -0.2) is 14.5 Å². The Morgan fingerprint density at radius 2 is 2.05 bits per heavy atom. The van der Waals surface area contributed by atoms with Gasteiger partial charge >= 0.3 is 5.97 Å². The molecule has 8 heteroatoms. The summed E-state index contributed by atoms with van der Waals surface area (Å²) in [5.41, 5.74) is 6.78. The summed E-state index contributed by atoms with van der Waals surface area (Å²) in [7, 11) is 1.23. The van der Waals surface area contributed by atoms with Crippen molar-refractivity contribution in [1.29, 1.82) is 0 Å². The van der Waals surface area contributed by atoms with Crippen molar-refractivity contribution in [3.63, 3.8) is 0 Å². The fourth-order valence-electron chi connectivity index (χ4n) is 1.47. The maximum absolute atomic E-state index is 11.8. The Labute approximate surface area is 114 Å². The van der Waals surface area contributed by atoms with Crippen molar-refractivity contribution in [2.24, 2.45) is 0 Å². The number of carbonyl (C=O) groups is 2. The molecule has 0 atom stereocenters. The second-order valence-electron chi connectivity index (χ2n) is 3.93. The largest absolute Gasteiger partial charge is 0.463 e. The van der Waals surface area contributed by atoms with Gasteiger partial charge in [0.25, 0.3) is 5.82 Å². The number of nitrogens with two attached hydrogens (primary N) is 1. The standard InChI is InChI=1S/C12H13N5O3/c1-20-12(19)11-14-7-17(16-11)6-10(18)15-9-4-2-8(13)3-5-9/h2-5,7H,6,13H2,1H3,(H,15,18). The fourth-order valence-corrected chi connectivity index (χ4v) is 1.47. The van der Waals surface area contributed by atoms with Crippen molar-refractivity contribution in [1.82, 2.24) is 14.8 Å². The fraction of sp³-hybridized carbons (Fsp3) is 0.167. The normalized spacial score (nSPS) is 10.1. The van der Waals surface area contributed by atoms with E-state index in [9.17, 15) is 9.59 Å². The number of benzene rings is 1. The first-order chi connectivity index (χ1) is 9.58. The van der Waals surface area contributed by atoms with Crippen molar-refractivity contribution < 1.29 is 14.3 Å². The summed E-state index contributed by atoms with van der Waals surface area (Å²) in [5.74, 6) is -1.04. The van der Waals surface area contributed by atoms with Crippen LogP contribution in [0.3, 0.4) is 0 Å². The Balaban J connectivity index is 1.96. The molecule has 0 aliphatic carbocycles. The molecule has 8 nitrogen and oxygen atoms in total. The molecule has 1 amide bonds. The number of esters is 1. The van der Waals surface area contributed by atoms with Gasteiger partial charge in [-0.2, -0.15) is 0 Å². The Hall–Kier alpha value is -2.90. The monoisotopic (exact) mass is 275 g/mol. The van der Waals surface area contributed by atoms with Gasteiger partial charge in [0.1, 0.15) is 12.9 Å². The number of amides is 1. The van der Waals surface area contributed by atoms with Gasteiger partial charge in [-0.3, -0.25) is 4.79 Å². The molecule has 0 spiro atoms. The van der Waals surface area contributed by atoms with Crippen LogP contribution in [0, 0.1) is 0 Å². The number of hydrogen-bond acceptors (Lipinski definition) is 6. The zero-order valence-electron chi connectivity index (χ0n) is 10.7. The highest BCUT2D eigenvalue weighted by Gasteiger charge is 2.12. The van der Waals surface area contributed by atoms with Crippen LogP contribution >= 0.6 is 0 Å². The van der Waals surface area contributed by atoms with Gasteiger partial charge in [0, 0.05) is 11.4 Å². The molecular weight excluding hydrogens is 262 g/mol. The van der Waals surface area contributed by atoms with Crippen molar-refractivity contribution in [2.45, 2.75) is 6.54 Å². The molecule has 0 fully saturated rings. The van der Waals surface area contributed by atoms with E-state index >= 15 is 0 Å². The molecule has 1 aromatic carbocycles. The number of nitrogen functional groups attached to an aromatic ring is 1. The number of carbonyl (C=O) groups excluding carboxylic acids is 2. The molecule has 0 unspecified atom stereocenters. The zero-order chi connectivity index (χ0) is 14.5. The number of rotatable bonds is 4. The molecule has 0 saturated carbocycles. The maximum Gasteiger partial charge on any atom is 0.377 e. The lowest BCUT2D eigenvalue weighted by molar-refractivity contribution is -0.116. The minimum Gasteiger partial charge on any atom is -0.463 e. The van der Waals surface area contributed by atoms with Gasteiger partial charge in [-0.15, -0.1) is 5.10 Å². The summed E-state index contributed by atoms with van der Waals surface area (Å²) in [4.78, 5) is 26.7. The van der Waals surface area contributed by atoms with Crippen LogP contribution in [-0.4, -0.2) is 33.8 Å². The topological polar surface area (TPSA) is 112 Å². The SMILES string of the molecule is COC(=O)c1ncn(CC(=O)Nc2ccc(N)cc2)n1. The van der Waals surface area contributed by atoms with E-state index in [0.29, 0.717) is 11.4 Å². The molecule has 0 radical (unpaired) electrons. The van der Waals surface area contributed by atoms with Crippen LogP contribution in [0.1, 0.15) is 10.6 Å². The summed E-state index contributed by atoms with van der Waals surface area (Å²) in [6.45, 7) is -0.0611. The van der Waals surface area contributed by atoms with Gasteiger partial charge in [0.2, 0.25) is 5.91 Å². The number of anilines is 2. The molecule has 104 valence electrons. The third-order valence-corrected chi connectivity index (χ3v) is 2.40. The molecule has 0 aliphatic heterocycles. The van der Waals surface area contributed by atoms with Crippen molar-refractivity contribution >= 4 is 23.3 Å². The number of hydrogen-bond donors (Lipinski definition) is 2. The first-order valence-corrected chi connectivity index (χ1v) is 5.71. The molecule has 3 N–H and O–H groups in total. The van der Waals surface area contributed by atoms with Gasteiger partial charge < -0.3 is 15.8 Å². The Morgan fingerprint density at radius 3 is 2.70 bits per heavy atom. The Kier molecular flexibility index (Phi) is 3.94. The van der Waals surface area contributed by atoms with Crippen LogP contribution in [-0.2, 0) is 16.1 Å². The third kappa shape index (κ3) is 3.31. The highest BCUT2D eigenvalue weighted by molar-refractivity contribution is 5.90. The minimum atomic E-state index is -0.650. The predicted octanol–water partition coefficient (Wildman–Crippen LogP) is 0.286. The van der Waals surface area contributed by atoms with E-state index in [1.165, 1.54) is 18.1 Å². The lowest BCUT2D eigenvalue weighted by atomic mass is 10.3. The summed E-state index contributed by atoms with van der Waals surface area (Å²) >= 11 is 0. The molecule has 2 aromatic rings. The molecule has 0 bridgehead atoms. The van der Waals surface area contributed by atoms with Gasteiger partial charge in [-0.05, 0) is 24.3 Å². The highest BCUT2D eigenvalue weighted by Crippen LogP contribution is 2.10. The zero-order valence-corrected chi connectivity index (χ0v) is 10.7. The van der Waals surface area contributed by atoms with E-state index in [1.807, 2.05) is 0 Å². The summed E-state index contributed by atoms with van der Waals surface area (Å²) in [6.07, 6.45) is 1.29. The minimum absolute atomic E-state index is 0.0611. The van der Waals surface area contributed by atoms with Crippen LogP contribution in [0.25, 0.3) is 0 Å². The van der Waals surface area contributed by atoms with Gasteiger partial charge in [0.05, 0.1) is 7.11 Å². The lowest BCUT2D eigenvalue weighted by Crippen LogP contribution is -2.19. The van der Waals surface area contributed by atoms with Crippen LogP contribution in [0.15, 0.2) is 30.6 Å². The first-order valence-electron chi connectivity index (χ1n) is 5.71. The van der Waals surface area contributed by atoms with Crippen molar-refractivity contribution in [3.8, 4) is 0 Å². The smallest absolute Gasteiger partial charge is 0.377 e. The van der Waals surface area contributed by atoms with Gasteiger partial charge in [0.15, 0.2) is 0 Å². The molecule has 0 aliphatic rings. The highest BCUT2D eigenvalue weighted by atomic mass is 16.5. The number of methoxy groups -OCH3 is 1.